The lowest BCUT2D eigenvalue weighted by molar-refractivity contribution is -0.141. The van der Waals surface area contributed by atoms with Gasteiger partial charge in [-0.25, -0.2) is 0 Å². The second-order valence-electron chi connectivity index (χ2n) is 5.25. The number of carbonyl (C=O) groups is 3. The molecule has 2 N–H and O–H groups in total. The van der Waals surface area contributed by atoms with Crippen LogP contribution in [-0.2, 0) is 9.59 Å². The fraction of sp³-hybridized carbons (Fsp3) is 0.500. The number of carboxylic acids is 1. The number of carbonyl (C=O) groups excluding carboxylic acids is 2. The van der Waals surface area contributed by atoms with Crippen LogP contribution < -0.4 is 5.32 Å². The monoisotopic (exact) mass is 294 g/mol. The third kappa shape index (κ3) is 3.84. The number of likely N-dealkylation sites (N-methyl/N-ethyl adjacent to an activating group) is 1. The molecule has 1 fully saturated rings. The normalized spacial score (nSPS) is 21.0. The van der Waals surface area contributed by atoms with Crippen molar-refractivity contribution in [2.75, 3.05) is 13.6 Å². The predicted molar refractivity (Wildman–Crippen MR) is 72.6 cm³/mol. The Kier molecular flexibility index (Phi) is 4.62. The number of amides is 2. The molecule has 2 rings (SSSR count). The SMILES string of the molecule is CN(CC(=O)NC1CCC(C(=O)O)C1)C(=O)c1ccco1. The van der Waals surface area contributed by atoms with Crippen molar-refractivity contribution in [2.24, 2.45) is 5.92 Å². The zero-order valence-electron chi connectivity index (χ0n) is 11.7. The summed E-state index contributed by atoms with van der Waals surface area (Å²) < 4.78 is 4.98. The van der Waals surface area contributed by atoms with Crippen LogP contribution in [0.15, 0.2) is 22.8 Å². The molecule has 7 heteroatoms. The lowest BCUT2D eigenvalue weighted by atomic mass is 10.1. The minimum atomic E-state index is -0.822. The molecule has 21 heavy (non-hydrogen) atoms. The number of aliphatic carboxylic acids is 1. The Bertz CT molecular complexity index is 525. The molecule has 0 saturated heterocycles. The lowest BCUT2D eigenvalue weighted by Gasteiger charge is -2.18. The largest absolute Gasteiger partial charge is 0.481 e. The van der Waals surface area contributed by atoms with E-state index in [-0.39, 0.29) is 30.2 Å². The number of rotatable bonds is 5. The van der Waals surface area contributed by atoms with Gasteiger partial charge in [-0.1, -0.05) is 0 Å². The highest BCUT2D eigenvalue weighted by Crippen LogP contribution is 2.25. The smallest absolute Gasteiger partial charge is 0.306 e. The first kappa shape index (κ1) is 15.1. The van der Waals surface area contributed by atoms with Crippen LogP contribution >= 0.6 is 0 Å². The van der Waals surface area contributed by atoms with Crippen molar-refractivity contribution >= 4 is 17.8 Å². The van der Waals surface area contributed by atoms with Crippen molar-refractivity contribution in [3.8, 4) is 0 Å². The van der Waals surface area contributed by atoms with E-state index < -0.39 is 11.9 Å². The molecule has 0 aliphatic heterocycles. The van der Waals surface area contributed by atoms with E-state index in [1.807, 2.05) is 0 Å². The molecule has 0 bridgehead atoms. The van der Waals surface area contributed by atoms with Gasteiger partial charge in [-0.05, 0) is 31.4 Å². The van der Waals surface area contributed by atoms with E-state index in [2.05, 4.69) is 5.32 Å². The van der Waals surface area contributed by atoms with Gasteiger partial charge in [0.25, 0.3) is 5.91 Å². The van der Waals surface area contributed by atoms with Gasteiger partial charge < -0.3 is 19.7 Å². The Labute approximate surface area is 121 Å². The summed E-state index contributed by atoms with van der Waals surface area (Å²) in [6.07, 6.45) is 3.06. The van der Waals surface area contributed by atoms with E-state index in [9.17, 15) is 14.4 Å². The Balaban J connectivity index is 1.80. The summed E-state index contributed by atoms with van der Waals surface area (Å²) in [7, 11) is 1.51. The first-order valence-corrected chi connectivity index (χ1v) is 6.78. The maximum absolute atomic E-state index is 11.9. The summed E-state index contributed by atoms with van der Waals surface area (Å²) >= 11 is 0. The van der Waals surface area contributed by atoms with Crippen LogP contribution in [0.1, 0.15) is 29.8 Å². The summed E-state index contributed by atoms with van der Waals surface area (Å²) in [6.45, 7) is -0.0895. The van der Waals surface area contributed by atoms with Gasteiger partial charge in [0.15, 0.2) is 5.76 Å². The van der Waals surface area contributed by atoms with Gasteiger partial charge in [0.2, 0.25) is 5.91 Å². The highest BCUT2D eigenvalue weighted by Gasteiger charge is 2.30. The fourth-order valence-electron chi connectivity index (χ4n) is 2.49. The molecule has 0 spiro atoms. The molecule has 1 aliphatic carbocycles. The Morgan fingerprint density at radius 1 is 1.43 bits per heavy atom. The number of hydrogen-bond acceptors (Lipinski definition) is 4. The minimum Gasteiger partial charge on any atom is -0.481 e. The summed E-state index contributed by atoms with van der Waals surface area (Å²) in [6, 6.07) is 3.00. The van der Waals surface area contributed by atoms with E-state index in [4.69, 9.17) is 9.52 Å². The lowest BCUT2D eigenvalue weighted by Crippen LogP contribution is -2.42. The molecular formula is C14H18N2O5. The molecule has 2 atom stereocenters. The van der Waals surface area contributed by atoms with E-state index in [0.717, 1.165) is 0 Å². The van der Waals surface area contributed by atoms with E-state index in [0.29, 0.717) is 19.3 Å². The predicted octanol–water partition coefficient (Wildman–Crippen LogP) is 0.721. The molecule has 1 saturated carbocycles. The van der Waals surface area contributed by atoms with Gasteiger partial charge in [0.05, 0.1) is 18.7 Å². The third-order valence-corrected chi connectivity index (χ3v) is 3.61. The summed E-state index contributed by atoms with van der Waals surface area (Å²) in [5.41, 5.74) is 0. The van der Waals surface area contributed by atoms with Gasteiger partial charge in [0.1, 0.15) is 0 Å². The second kappa shape index (κ2) is 6.43. The van der Waals surface area contributed by atoms with Crippen molar-refractivity contribution in [2.45, 2.75) is 25.3 Å². The highest BCUT2D eigenvalue weighted by atomic mass is 16.4. The Morgan fingerprint density at radius 3 is 2.76 bits per heavy atom. The molecule has 1 aromatic heterocycles. The quantitative estimate of drug-likeness (QED) is 0.833. The average molecular weight is 294 g/mol. The molecule has 1 heterocycles. The molecule has 0 aromatic carbocycles. The highest BCUT2D eigenvalue weighted by molar-refractivity contribution is 5.94. The number of nitrogens with one attached hydrogen (secondary N) is 1. The van der Waals surface area contributed by atoms with E-state index in [1.54, 1.807) is 6.07 Å². The van der Waals surface area contributed by atoms with E-state index in [1.165, 1.54) is 24.3 Å². The third-order valence-electron chi connectivity index (χ3n) is 3.61. The molecule has 114 valence electrons. The van der Waals surface area contributed by atoms with Crippen molar-refractivity contribution in [3.05, 3.63) is 24.2 Å². The standard InChI is InChI=1S/C14H18N2O5/c1-16(13(18)11-3-2-6-21-11)8-12(17)15-10-5-4-9(7-10)14(19)20/h2-3,6,9-10H,4-5,7-8H2,1H3,(H,15,17)(H,19,20). The Morgan fingerprint density at radius 2 is 2.19 bits per heavy atom. The van der Waals surface area contributed by atoms with Gasteiger partial charge in [-0.2, -0.15) is 0 Å². The van der Waals surface area contributed by atoms with Crippen LogP contribution in [-0.4, -0.2) is 47.4 Å². The van der Waals surface area contributed by atoms with Crippen LogP contribution in [0.4, 0.5) is 0 Å². The minimum absolute atomic E-state index is 0.0895. The van der Waals surface area contributed by atoms with Gasteiger partial charge in [0, 0.05) is 13.1 Å². The van der Waals surface area contributed by atoms with Crippen LogP contribution in [0.2, 0.25) is 0 Å². The van der Waals surface area contributed by atoms with Crippen LogP contribution in [0, 0.1) is 5.92 Å². The summed E-state index contributed by atoms with van der Waals surface area (Å²) in [5, 5.41) is 11.7. The van der Waals surface area contributed by atoms with Crippen molar-refractivity contribution in [1.29, 1.82) is 0 Å². The van der Waals surface area contributed by atoms with Gasteiger partial charge in [-0.3, -0.25) is 14.4 Å². The van der Waals surface area contributed by atoms with Gasteiger partial charge >= 0.3 is 5.97 Å². The first-order valence-electron chi connectivity index (χ1n) is 6.78. The topological polar surface area (TPSA) is 99.9 Å². The summed E-state index contributed by atoms with van der Waals surface area (Å²) in [4.78, 5) is 35.9. The summed E-state index contributed by atoms with van der Waals surface area (Å²) in [5.74, 6) is -1.70. The number of carboxylic acid groups (broad SMARTS) is 1. The zero-order valence-corrected chi connectivity index (χ0v) is 11.7. The van der Waals surface area contributed by atoms with Crippen molar-refractivity contribution in [1.82, 2.24) is 10.2 Å². The zero-order chi connectivity index (χ0) is 15.4. The van der Waals surface area contributed by atoms with Crippen LogP contribution in [0.3, 0.4) is 0 Å². The second-order valence-corrected chi connectivity index (χ2v) is 5.25. The van der Waals surface area contributed by atoms with E-state index >= 15 is 0 Å². The molecule has 7 nitrogen and oxygen atoms in total. The number of furan rings is 1. The molecule has 1 aliphatic rings. The van der Waals surface area contributed by atoms with Gasteiger partial charge in [-0.15, -0.1) is 0 Å². The molecule has 1 aromatic rings. The molecular weight excluding hydrogens is 276 g/mol. The molecule has 0 radical (unpaired) electrons. The maximum Gasteiger partial charge on any atom is 0.306 e. The van der Waals surface area contributed by atoms with Crippen LogP contribution in [0.5, 0.6) is 0 Å². The molecule has 2 amide bonds. The molecule has 2 unspecified atom stereocenters. The van der Waals surface area contributed by atoms with Crippen molar-refractivity contribution < 1.29 is 23.9 Å². The van der Waals surface area contributed by atoms with Crippen LogP contribution in [0.25, 0.3) is 0 Å². The first-order chi connectivity index (χ1) is 9.97. The Hall–Kier alpha value is -2.31. The maximum atomic E-state index is 11.9. The average Bonchev–Trinajstić information content (AvgIpc) is 3.08. The number of nitrogens with zero attached hydrogens (tertiary/aromatic N) is 1. The van der Waals surface area contributed by atoms with Crippen molar-refractivity contribution in [3.63, 3.8) is 0 Å². The number of hydrogen-bond donors (Lipinski definition) is 2. The fourth-order valence-corrected chi connectivity index (χ4v) is 2.49.